The third-order valence-corrected chi connectivity index (χ3v) is 9.46. The Bertz CT molecular complexity index is 1090. The van der Waals surface area contributed by atoms with E-state index in [-0.39, 0.29) is 29.8 Å². The molecule has 4 unspecified atom stereocenters. The molecule has 5 aliphatic rings. The summed E-state index contributed by atoms with van der Waals surface area (Å²) >= 11 is 0. The summed E-state index contributed by atoms with van der Waals surface area (Å²) < 4.78 is 11.3. The zero-order chi connectivity index (χ0) is 22.3. The molecule has 32 heavy (non-hydrogen) atoms. The topological polar surface area (TPSA) is 55.8 Å². The van der Waals surface area contributed by atoms with Crippen molar-refractivity contribution in [3.05, 3.63) is 58.7 Å². The maximum absolute atomic E-state index is 12.4. The van der Waals surface area contributed by atoms with Gasteiger partial charge in [-0.3, -0.25) is 4.79 Å². The van der Waals surface area contributed by atoms with Gasteiger partial charge in [0.05, 0.1) is 5.60 Å². The van der Waals surface area contributed by atoms with Crippen molar-refractivity contribution in [3.8, 4) is 11.5 Å². The molecule has 4 heteroatoms. The van der Waals surface area contributed by atoms with Crippen molar-refractivity contribution in [1.29, 1.82) is 0 Å². The fraction of sp³-hybridized carbons (Fsp3) is 0.536. The van der Waals surface area contributed by atoms with Gasteiger partial charge in [0.2, 0.25) is 6.79 Å². The van der Waals surface area contributed by atoms with Crippen LogP contribution in [0.1, 0.15) is 70.3 Å². The normalized spacial score (nSPS) is 37.5. The first-order valence-corrected chi connectivity index (χ1v) is 12.1. The summed E-state index contributed by atoms with van der Waals surface area (Å²) in [5.41, 5.74) is 5.33. The third-order valence-electron chi connectivity index (χ3n) is 9.46. The highest BCUT2D eigenvalue weighted by molar-refractivity contribution is 5.93. The van der Waals surface area contributed by atoms with E-state index in [1.54, 1.807) is 0 Å². The van der Waals surface area contributed by atoms with E-state index >= 15 is 0 Å². The van der Waals surface area contributed by atoms with Gasteiger partial charge < -0.3 is 14.6 Å². The van der Waals surface area contributed by atoms with Crippen LogP contribution in [0.2, 0.25) is 0 Å². The number of hydrogen-bond donors (Lipinski definition) is 1. The molecule has 1 aliphatic heterocycles. The average molecular weight is 433 g/mol. The minimum absolute atomic E-state index is 0.111. The maximum Gasteiger partial charge on any atom is 0.231 e. The van der Waals surface area contributed by atoms with Crippen LogP contribution >= 0.6 is 0 Å². The first-order valence-electron chi connectivity index (χ1n) is 12.1. The number of aliphatic hydroxyl groups is 1. The van der Waals surface area contributed by atoms with Crippen LogP contribution in [-0.2, 0) is 4.79 Å². The minimum atomic E-state index is -0.777. The van der Waals surface area contributed by atoms with Gasteiger partial charge in [-0.2, -0.15) is 0 Å². The fourth-order valence-electron chi connectivity index (χ4n) is 7.54. The summed E-state index contributed by atoms with van der Waals surface area (Å²) in [6.45, 7) is 8.87. The van der Waals surface area contributed by atoms with Gasteiger partial charge in [0.1, 0.15) is 0 Å². The monoisotopic (exact) mass is 432 g/mol. The lowest BCUT2D eigenvalue weighted by molar-refractivity contribution is -0.115. The van der Waals surface area contributed by atoms with Crippen LogP contribution in [-0.4, -0.2) is 23.3 Å². The van der Waals surface area contributed by atoms with Crippen LogP contribution < -0.4 is 9.47 Å². The van der Waals surface area contributed by atoms with Gasteiger partial charge in [-0.1, -0.05) is 30.7 Å². The molecule has 0 saturated heterocycles. The average Bonchev–Trinajstić information content (AvgIpc) is 3.35. The van der Waals surface area contributed by atoms with Gasteiger partial charge in [-0.25, -0.2) is 0 Å². The van der Waals surface area contributed by atoms with Crippen molar-refractivity contribution >= 4 is 5.78 Å². The third kappa shape index (κ3) is 2.62. The number of allylic oxidation sites excluding steroid dienone is 4. The smallest absolute Gasteiger partial charge is 0.231 e. The summed E-state index contributed by atoms with van der Waals surface area (Å²) in [6, 6.07) is 6.26. The Balaban J connectivity index is 1.54. The first kappa shape index (κ1) is 20.3. The molecule has 1 heterocycles. The second-order valence-electron chi connectivity index (χ2n) is 10.8. The number of ether oxygens (including phenoxy) is 2. The summed E-state index contributed by atoms with van der Waals surface area (Å²) in [5, 5.41) is 12.4. The van der Waals surface area contributed by atoms with Gasteiger partial charge in [0.25, 0.3) is 0 Å². The first-order chi connectivity index (χ1) is 15.3. The molecular weight excluding hydrogens is 400 g/mol. The van der Waals surface area contributed by atoms with Gasteiger partial charge in [0, 0.05) is 17.8 Å². The van der Waals surface area contributed by atoms with Gasteiger partial charge in [-0.15, -0.1) is 0 Å². The number of ketones is 1. The highest BCUT2D eigenvalue weighted by atomic mass is 16.7. The summed E-state index contributed by atoms with van der Waals surface area (Å²) in [4.78, 5) is 12.2. The second-order valence-corrected chi connectivity index (χ2v) is 10.8. The Hall–Kier alpha value is -2.33. The molecule has 1 N–H and O–H groups in total. The lowest BCUT2D eigenvalue weighted by atomic mass is 9.53. The van der Waals surface area contributed by atoms with E-state index in [0.29, 0.717) is 18.8 Å². The lowest BCUT2D eigenvalue weighted by Crippen LogP contribution is -2.54. The van der Waals surface area contributed by atoms with Crippen molar-refractivity contribution < 1.29 is 19.4 Å². The largest absolute Gasteiger partial charge is 0.454 e. The van der Waals surface area contributed by atoms with Crippen molar-refractivity contribution in [2.24, 2.45) is 17.3 Å². The van der Waals surface area contributed by atoms with E-state index in [0.717, 1.165) is 49.2 Å². The minimum Gasteiger partial charge on any atom is -0.454 e. The number of carbonyl (C=O) groups is 1. The Morgan fingerprint density at radius 1 is 1.16 bits per heavy atom. The van der Waals surface area contributed by atoms with Crippen molar-refractivity contribution in [2.45, 2.75) is 70.3 Å². The quantitative estimate of drug-likeness (QED) is 0.616. The number of hydrogen-bond acceptors (Lipinski definition) is 4. The molecule has 0 aromatic heterocycles. The van der Waals surface area contributed by atoms with E-state index in [1.807, 2.05) is 12.1 Å². The Morgan fingerprint density at radius 3 is 2.78 bits per heavy atom. The van der Waals surface area contributed by atoms with Crippen LogP contribution in [0.5, 0.6) is 11.5 Å². The van der Waals surface area contributed by atoms with Gasteiger partial charge in [0.15, 0.2) is 17.3 Å². The molecule has 4 nitrogen and oxygen atoms in total. The van der Waals surface area contributed by atoms with Crippen LogP contribution in [0, 0.1) is 17.3 Å². The zero-order valence-electron chi connectivity index (χ0n) is 19.1. The van der Waals surface area contributed by atoms with E-state index in [2.05, 4.69) is 32.6 Å². The van der Waals surface area contributed by atoms with E-state index in [4.69, 9.17) is 9.47 Å². The summed E-state index contributed by atoms with van der Waals surface area (Å²) in [7, 11) is 0. The molecule has 1 aromatic carbocycles. The maximum atomic E-state index is 12.4. The van der Waals surface area contributed by atoms with Crippen LogP contribution in [0.25, 0.3) is 0 Å². The molecule has 0 amide bonds. The number of rotatable bonds is 2. The van der Waals surface area contributed by atoms with Gasteiger partial charge in [-0.05, 0) is 92.2 Å². The van der Waals surface area contributed by atoms with Gasteiger partial charge >= 0.3 is 0 Å². The van der Waals surface area contributed by atoms with Crippen LogP contribution in [0.4, 0.5) is 0 Å². The molecule has 2 fully saturated rings. The lowest BCUT2D eigenvalue weighted by Gasteiger charge is -2.54. The Kier molecular flexibility index (Phi) is 4.33. The molecule has 168 valence electrons. The SMILES string of the molecule is C=C(C)[C@]1(C)CCC2C3CCC4=CC(=O)CCC4=C3C(c3ccc4c(c3)OCO4)CC21O. The van der Waals surface area contributed by atoms with Crippen LogP contribution in [0.3, 0.4) is 0 Å². The molecule has 0 spiro atoms. The number of carbonyl (C=O) groups excluding carboxylic acids is 1. The molecule has 2 saturated carbocycles. The van der Waals surface area contributed by atoms with Crippen molar-refractivity contribution in [3.63, 3.8) is 0 Å². The fourth-order valence-corrected chi connectivity index (χ4v) is 7.54. The molecular formula is C28H32O4. The van der Waals surface area contributed by atoms with E-state index < -0.39 is 5.60 Å². The summed E-state index contributed by atoms with van der Waals surface area (Å²) in [5.74, 6) is 2.54. The highest BCUT2D eigenvalue weighted by Gasteiger charge is 2.63. The van der Waals surface area contributed by atoms with Crippen molar-refractivity contribution in [1.82, 2.24) is 0 Å². The Morgan fingerprint density at radius 2 is 1.97 bits per heavy atom. The molecule has 4 aliphatic carbocycles. The molecule has 1 aromatic rings. The van der Waals surface area contributed by atoms with Crippen LogP contribution in [0.15, 0.2) is 53.1 Å². The Labute approximate surface area is 190 Å². The summed E-state index contributed by atoms with van der Waals surface area (Å²) in [6.07, 6.45) is 7.99. The second kappa shape index (κ2) is 6.84. The molecule has 0 bridgehead atoms. The molecule has 6 rings (SSSR count). The number of fused-ring (bicyclic) bond motifs is 5. The highest BCUT2D eigenvalue weighted by Crippen LogP contribution is 2.66. The zero-order valence-corrected chi connectivity index (χ0v) is 19.1. The van der Waals surface area contributed by atoms with E-state index in [9.17, 15) is 9.90 Å². The predicted octanol–water partition coefficient (Wildman–Crippen LogP) is 5.62. The predicted molar refractivity (Wildman–Crippen MR) is 123 cm³/mol. The standard InChI is InChI=1S/C28H32O4/c1-16(2)27(3)11-10-23-21-7-4-17-12-19(29)6-8-20(17)26(21)22(14-28(23,27)30)18-5-9-24-25(13-18)32-15-31-24/h5,9,12-13,21-23,30H,1,4,6-8,10-11,14-15H2,2-3H3/t21?,22?,23?,27-,28?/m0/s1. The molecule has 0 radical (unpaired) electrons. The molecule has 5 atom stereocenters. The number of benzene rings is 1. The van der Waals surface area contributed by atoms with Crippen molar-refractivity contribution in [2.75, 3.05) is 6.79 Å². The van der Waals surface area contributed by atoms with E-state index in [1.165, 1.54) is 22.3 Å².